The summed E-state index contributed by atoms with van der Waals surface area (Å²) in [6.07, 6.45) is 2.90. The van der Waals surface area contributed by atoms with E-state index in [0.717, 1.165) is 33.1 Å². The minimum Gasteiger partial charge on any atom is -0.512 e. The molecule has 0 saturated heterocycles. The monoisotopic (exact) mass is 609 g/mol. The van der Waals surface area contributed by atoms with Crippen molar-refractivity contribution in [1.29, 1.82) is 0 Å². The van der Waals surface area contributed by atoms with Crippen molar-refractivity contribution in [2.24, 2.45) is 0 Å². The number of aliphatic hydroxyl groups is 1. The van der Waals surface area contributed by atoms with Crippen LogP contribution in [0.2, 0.25) is 19.6 Å². The van der Waals surface area contributed by atoms with Crippen molar-refractivity contribution in [2.45, 2.75) is 33.5 Å². The number of fused-ring (bicyclic) bond motifs is 3. The Labute approximate surface area is 197 Å². The summed E-state index contributed by atoms with van der Waals surface area (Å²) in [7, 11) is -1.31. The SMILES string of the molecule is CC(=O)/C=C(/C)O.C[Si](C)(C)c1c[c-]c(-c2nc3ccccc3c3occc23)cc1.[Ir]. The predicted molar refractivity (Wildman–Crippen MR) is 126 cm³/mol. The van der Waals surface area contributed by atoms with Gasteiger partial charge in [0, 0.05) is 45.0 Å². The molecule has 0 aliphatic carbocycles. The van der Waals surface area contributed by atoms with E-state index >= 15 is 0 Å². The zero-order valence-electron chi connectivity index (χ0n) is 18.3. The molecule has 0 bridgehead atoms. The van der Waals surface area contributed by atoms with E-state index in [1.165, 1.54) is 25.1 Å². The molecule has 0 unspecified atom stereocenters. The van der Waals surface area contributed by atoms with Gasteiger partial charge in [-0.05, 0) is 37.7 Å². The molecule has 0 atom stereocenters. The molecule has 163 valence electrons. The second-order valence-corrected chi connectivity index (χ2v) is 13.4. The van der Waals surface area contributed by atoms with Crippen molar-refractivity contribution >= 4 is 40.9 Å². The van der Waals surface area contributed by atoms with Crippen LogP contribution in [-0.2, 0) is 24.9 Å². The fourth-order valence-electron chi connectivity index (χ4n) is 3.19. The molecule has 31 heavy (non-hydrogen) atoms. The molecule has 0 amide bonds. The smallest absolute Gasteiger partial charge is 0.155 e. The molecule has 0 spiro atoms. The largest absolute Gasteiger partial charge is 0.512 e. The Morgan fingerprint density at radius 2 is 1.77 bits per heavy atom. The number of carbonyl (C=O) groups is 1. The summed E-state index contributed by atoms with van der Waals surface area (Å²) in [5, 5.41) is 11.9. The van der Waals surface area contributed by atoms with E-state index in [-0.39, 0.29) is 31.6 Å². The van der Waals surface area contributed by atoms with Gasteiger partial charge in [-0.15, -0.1) is 35.0 Å². The van der Waals surface area contributed by atoms with Gasteiger partial charge in [0.2, 0.25) is 0 Å². The van der Waals surface area contributed by atoms with Crippen LogP contribution in [0.5, 0.6) is 0 Å². The number of nitrogens with zero attached hydrogens (tertiary/aromatic N) is 1. The molecular weight excluding hydrogens is 583 g/mol. The standard InChI is InChI=1S/C20H18NOSi.C5H8O2.Ir/c1-23(2,3)15-10-8-14(9-11-15)19-17-12-13-22-20(17)16-6-4-5-7-18(16)21-19;1-4(6)3-5(2)7;/h4-8,10-13H,1-3H3;3,6H,1-2H3;/q-1;;/b;4-3-;. The summed E-state index contributed by atoms with van der Waals surface area (Å²) >= 11 is 0. The van der Waals surface area contributed by atoms with Crippen molar-refractivity contribution < 1.29 is 34.4 Å². The molecule has 4 rings (SSSR count). The summed E-state index contributed by atoms with van der Waals surface area (Å²) < 4.78 is 5.72. The average molecular weight is 609 g/mol. The quantitative estimate of drug-likeness (QED) is 0.134. The molecule has 2 aromatic heterocycles. The van der Waals surface area contributed by atoms with Gasteiger partial charge in [0.25, 0.3) is 0 Å². The number of allylic oxidation sites excluding steroid dienone is 2. The molecule has 0 aliphatic heterocycles. The van der Waals surface area contributed by atoms with Crippen molar-refractivity contribution in [3.63, 3.8) is 0 Å². The van der Waals surface area contributed by atoms with Crippen LogP contribution in [0, 0.1) is 6.07 Å². The van der Waals surface area contributed by atoms with Crippen LogP contribution in [0.4, 0.5) is 0 Å². The van der Waals surface area contributed by atoms with Gasteiger partial charge in [-0.25, -0.2) is 0 Å². The Kier molecular flexibility index (Phi) is 8.12. The van der Waals surface area contributed by atoms with E-state index in [2.05, 4.69) is 50.0 Å². The minimum atomic E-state index is -1.31. The fraction of sp³-hybridized carbons (Fsp3) is 0.200. The number of benzene rings is 2. The molecule has 2 aromatic carbocycles. The van der Waals surface area contributed by atoms with Crippen LogP contribution in [0.1, 0.15) is 13.8 Å². The third-order valence-corrected chi connectivity index (χ3v) is 6.69. The average Bonchev–Trinajstić information content (AvgIpc) is 3.16. The van der Waals surface area contributed by atoms with Crippen LogP contribution in [-0.4, -0.2) is 23.9 Å². The van der Waals surface area contributed by atoms with Gasteiger partial charge < -0.3 is 9.52 Å². The van der Waals surface area contributed by atoms with Crippen LogP contribution >= 0.6 is 0 Å². The summed E-state index contributed by atoms with van der Waals surface area (Å²) in [5.74, 6) is -0.0625. The first-order chi connectivity index (χ1) is 14.2. The maximum atomic E-state index is 10.0. The number of pyridine rings is 1. The normalized spacial score (nSPS) is 11.6. The molecule has 0 aliphatic rings. The Hall–Kier alpha value is -2.53. The van der Waals surface area contributed by atoms with Crippen LogP contribution < -0.4 is 5.19 Å². The number of para-hydroxylation sites is 1. The van der Waals surface area contributed by atoms with Gasteiger partial charge in [-0.2, -0.15) is 0 Å². The van der Waals surface area contributed by atoms with Gasteiger partial charge in [0.05, 0.1) is 17.5 Å². The number of carbonyl (C=O) groups excluding carboxylic acids is 1. The maximum absolute atomic E-state index is 10.0. The van der Waals surface area contributed by atoms with Crippen molar-refractivity contribution in [3.8, 4) is 11.3 Å². The van der Waals surface area contributed by atoms with Gasteiger partial charge in [-0.3, -0.25) is 9.78 Å². The first-order valence-electron chi connectivity index (χ1n) is 9.83. The molecule has 1 N–H and O–H groups in total. The van der Waals surface area contributed by atoms with Crippen molar-refractivity contribution in [3.05, 3.63) is 72.7 Å². The molecule has 4 aromatic rings. The number of aliphatic hydroxyl groups excluding tert-OH is 1. The Morgan fingerprint density at radius 1 is 1.06 bits per heavy atom. The number of aromatic nitrogens is 1. The number of hydrogen-bond acceptors (Lipinski definition) is 4. The third kappa shape index (κ3) is 6.00. The fourth-order valence-corrected chi connectivity index (χ4v) is 4.27. The molecule has 4 nitrogen and oxygen atoms in total. The zero-order valence-corrected chi connectivity index (χ0v) is 21.7. The molecule has 2 heterocycles. The number of hydrogen-bond donors (Lipinski definition) is 1. The van der Waals surface area contributed by atoms with Gasteiger partial charge >= 0.3 is 0 Å². The molecular formula is C25H26IrNO3Si-. The van der Waals surface area contributed by atoms with E-state index in [1.54, 1.807) is 6.26 Å². The predicted octanol–water partition coefficient (Wildman–Crippen LogP) is 6.03. The minimum absolute atomic E-state index is 0. The van der Waals surface area contributed by atoms with E-state index in [1.807, 2.05) is 24.3 Å². The summed E-state index contributed by atoms with van der Waals surface area (Å²) in [6.45, 7) is 9.89. The van der Waals surface area contributed by atoms with Crippen molar-refractivity contribution in [2.75, 3.05) is 0 Å². The zero-order chi connectivity index (χ0) is 21.9. The third-order valence-electron chi connectivity index (χ3n) is 4.65. The Morgan fingerprint density at radius 3 is 2.32 bits per heavy atom. The topological polar surface area (TPSA) is 63.3 Å². The number of rotatable bonds is 3. The summed E-state index contributed by atoms with van der Waals surface area (Å²) in [5.41, 5.74) is 3.81. The van der Waals surface area contributed by atoms with Crippen molar-refractivity contribution in [1.82, 2.24) is 4.98 Å². The second-order valence-electron chi connectivity index (χ2n) is 8.28. The first-order valence-corrected chi connectivity index (χ1v) is 13.3. The number of ketones is 1. The van der Waals surface area contributed by atoms with Crippen LogP contribution in [0.25, 0.3) is 33.1 Å². The van der Waals surface area contributed by atoms with E-state index in [0.29, 0.717) is 0 Å². The van der Waals surface area contributed by atoms with E-state index < -0.39 is 8.07 Å². The molecule has 0 fully saturated rings. The first kappa shape index (κ1) is 24.7. The molecule has 0 saturated carbocycles. The van der Waals surface area contributed by atoms with Gasteiger partial charge in [-0.1, -0.05) is 31.8 Å². The molecule has 1 radical (unpaired) electrons. The van der Waals surface area contributed by atoms with Gasteiger partial charge in [0.15, 0.2) is 5.78 Å². The van der Waals surface area contributed by atoms with Crippen LogP contribution in [0.3, 0.4) is 0 Å². The molecule has 6 heteroatoms. The summed E-state index contributed by atoms with van der Waals surface area (Å²) in [6, 6.07) is 20.0. The summed E-state index contributed by atoms with van der Waals surface area (Å²) in [4.78, 5) is 14.9. The van der Waals surface area contributed by atoms with Gasteiger partial charge in [0.1, 0.15) is 5.58 Å². The second kappa shape index (κ2) is 10.2. The van der Waals surface area contributed by atoms with Crippen LogP contribution in [0.15, 0.2) is 71.0 Å². The number of furan rings is 1. The Balaban J connectivity index is 0.000000373. The Bertz CT molecular complexity index is 1220. The maximum Gasteiger partial charge on any atom is 0.155 e. The van der Waals surface area contributed by atoms with E-state index in [9.17, 15) is 4.79 Å². The van der Waals surface area contributed by atoms with E-state index in [4.69, 9.17) is 14.5 Å².